The number of anilines is 3. The van der Waals surface area contributed by atoms with Gasteiger partial charge in [-0.05, 0) is 12.1 Å². The van der Waals surface area contributed by atoms with Crippen LogP contribution in [0, 0.1) is 5.82 Å². The first-order valence-electron chi connectivity index (χ1n) is 7.80. The number of carbonyl (C=O) groups is 1. The van der Waals surface area contributed by atoms with Crippen LogP contribution in [0.3, 0.4) is 0 Å². The maximum absolute atomic E-state index is 13.2. The number of benzene rings is 1. The molecule has 0 bridgehead atoms. The summed E-state index contributed by atoms with van der Waals surface area (Å²) in [5.74, 6) is -0.782. The molecule has 1 aliphatic rings. The monoisotopic (exact) mass is 375 g/mol. The molecule has 0 saturated heterocycles. The third-order valence-corrected chi connectivity index (χ3v) is 4.12. The van der Waals surface area contributed by atoms with E-state index < -0.39 is 23.0 Å². The Kier molecular flexibility index (Phi) is 3.70. The van der Waals surface area contributed by atoms with E-state index >= 15 is 0 Å². The van der Waals surface area contributed by atoms with Gasteiger partial charge >= 0.3 is 11.7 Å². The molecule has 1 aliphatic heterocycles. The molecule has 12 heteroatoms. The van der Waals surface area contributed by atoms with Gasteiger partial charge in [-0.2, -0.15) is 4.98 Å². The lowest BCUT2D eigenvalue weighted by Crippen LogP contribution is -2.44. The van der Waals surface area contributed by atoms with Gasteiger partial charge in [-0.15, -0.1) is 5.53 Å². The first-order chi connectivity index (χ1) is 12.8. The lowest BCUT2D eigenvalue weighted by atomic mass is 10.3. The summed E-state index contributed by atoms with van der Waals surface area (Å²) in [7, 11) is 2.84. The molecule has 3 aromatic rings. The molecular weight excluding hydrogens is 361 g/mol. The minimum atomic E-state index is -0.560. The van der Waals surface area contributed by atoms with Gasteiger partial charge in [0.15, 0.2) is 17.1 Å². The van der Waals surface area contributed by atoms with Crippen molar-refractivity contribution in [3.63, 3.8) is 0 Å². The zero-order valence-electron chi connectivity index (χ0n) is 14.2. The maximum atomic E-state index is 13.2. The number of nitrogens with one attached hydrogen (secondary N) is 3. The van der Waals surface area contributed by atoms with Crippen LogP contribution in [-0.4, -0.2) is 26.6 Å². The van der Waals surface area contributed by atoms with Gasteiger partial charge in [0.05, 0.1) is 0 Å². The molecule has 0 atom stereocenters. The molecule has 3 N–H and O–H groups in total. The van der Waals surface area contributed by atoms with E-state index in [4.69, 9.17) is 4.42 Å². The third-order valence-electron chi connectivity index (χ3n) is 4.12. The highest BCUT2D eigenvalue weighted by Crippen LogP contribution is 2.23. The molecule has 0 unspecified atom stereocenters. The largest absolute Gasteiger partial charge is 0.423 e. The van der Waals surface area contributed by atoms with Crippen molar-refractivity contribution in [3.8, 4) is 0 Å². The summed E-state index contributed by atoms with van der Waals surface area (Å²) in [5.41, 5.74) is 4.99. The molecule has 140 valence electrons. The van der Waals surface area contributed by atoms with Crippen LogP contribution in [-0.2, 0) is 18.9 Å². The second-order valence-corrected chi connectivity index (χ2v) is 5.91. The number of rotatable bonds is 3. The Hall–Kier alpha value is -3.67. The van der Waals surface area contributed by atoms with Crippen LogP contribution in [0.2, 0.25) is 0 Å². The van der Waals surface area contributed by atoms with E-state index in [1.54, 1.807) is 0 Å². The van der Waals surface area contributed by atoms with Crippen LogP contribution < -0.4 is 32.5 Å². The number of halogens is 1. The molecule has 11 nitrogen and oxygen atoms in total. The number of aromatic nitrogens is 3. The van der Waals surface area contributed by atoms with Crippen LogP contribution in [0.5, 0.6) is 0 Å². The van der Waals surface area contributed by atoms with Crippen LogP contribution in [0.4, 0.5) is 21.9 Å². The van der Waals surface area contributed by atoms with Crippen molar-refractivity contribution in [3.05, 3.63) is 44.9 Å². The summed E-state index contributed by atoms with van der Waals surface area (Å²) in [5, 5.41) is 3.70. The molecular formula is C15H14FN7O4. The Morgan fingerprint density at radius 2 is 2.07 bits per heavy atom. The molecule has 3 heterocycles. The fourth-order valence-electron chi connectivity index (χ4n) is 2.76. The normalized spacial score (nSPS) is 12.9. The third kappa shape index (κ3) is 2.71. The van der Waals surface area contributed by atoms with Crippen LogP contribution in [0.1, 0.15) is 0 Å². The summed E-state index contributed by atoms with van der Waals surface area (Å²) in [6, 6.07) is 3.72. The molecule has 0 spiro atoms. The standard InChI is InChI=1S/C15H14FN7O4/c1-21-12-11(13(25)22(2)15(21)26)23(20-19-12)6-10(24)18-14-17-8-4-3-7(16)5-9(8)27-14/h3-5,19-20H,6H2,1-2H3,(H,17,18,24). The lowest BCUT2D eigenvalue weighted by molar-refractivity contribution is -0.115. The molecule has 27 heavy (non-hydrogen) atoms. The highest BCUT2D eigenvalue weighted by atomic mass is 19.1. The summed E-state index contributed by atoms with van der Waals surface area (Å²) >= 11 is 0. The highest BCUT2D eigenvalue weighted by molar-refractivity contribution is 5.94. The average Bonchev–Trinajstić information content (AvgIpc) is 3.21. The lowest BCUT2D eigenvalue weighted by Gasteiger charge is -2.16. The SMILES string of the molecule is Cn1c2c(c(=O)n(C)c1=O)N(CC(=O)Nc1nc3ccc(F)cc3o1)NN2. The fraction of sp³-hybridized carbons (Fsp3) is 0.200. The smallest absolute Gasteiger partial charge is 0.332 e. The second kappa shape index (κ2) is 5.95. The Balaban J connectivity index is 1.56. The van der Waals surface area contributed by atoms with Gasteiger partial charge in [0.1, 0.15) is 17.9 Å². The number of fused-ring (bicyclic) bond motifs is 2. The summed E-state index contributed by atoms with van der Waals surface area (Å²) < 4.78 is 20.7. The number of carbonyl (C=O) groups excluding carboxylic acids is 1. The topological polar surface area (TPSA) is 126 Å². The molecule has 0 fully saturated rings. The molecule has 1 aromatic carbocycles. The zero-order chi connectivity index (χ0) is 19.3. The summed E-state index contributed by atoms with van der Waals surface area (Å²) in [6.45, 7) is -0.277. The Morgan fingerprint density at radius 1 is 1.30 bits per heavy atom. The van der Waals surface area contributed by atoms with E-state index in [1.807, 2.05) is 0 Å². The molecule has 1 amide bonds. The van der Waals surface area contributed by atoms with E-state index in [1.165, 1.54) is 35.8 Å². The second-order valence-electron chi connectivity index (χ2n) is 5.91. The Bertz CT molecular complexity index is 1200. The van der Waals surface area contributed by atoms with E-state index in [0.29, 0.717) is 5.52 Å². The van der Waals surface area contributed by atoms with Gasteiger partial charge in [-0.3, -0.25) is 34.5 Å². The van der Waals surface area contributed by atoms with Gasteiger partial charge in [0, 0.05) is 20.2 Å². The number of hydrazine groups is 2. The van der Waals surface area contributed by atoms with Crippen molar-refractivity contribution in [2.75, 3.05) is 22.3 Å². The van der Waals surface area contributed by atoms with E-state index in [0.717, 1.165) is 10.6 Å². The molecule has 0 aliphatic carbocycles. The number of nitrogens with zero attached hydrogens (tertiary/aromatic N) is 4. The predicted molar refractivity (Wildman–Crippen MR) is 93.6 cm³/mol. The van der Waals surface area contributed by atoms with Gasteiger partial charge in [0.25, 0.3) is 5.56 Å². The highest BCUT2D eigenvalue weighted by Gasteiger charge is 2.28. The number of amides is 1. The van der Waals surface area contributed by atoms with Crippen molar-refractivity contribution in [1.82, 2.24) is 19.7 Å². The van der Waals surface area contributed by atoms with Gasteiger partial charge in [-0.1, -0.05) is 0 Å². The van der Waals surface area contributed by atoms with Crippen molar-refractivity contribution < 1.29 is 13.6 Å². The van der Waals surface area contributed by atoms with Crippen molar-refractivity contribution in [2.45, 2.75) is 0 Å². The molecule has 0 radical (unpaired) electrons. The van der Waals surface area contributed by atoms with Crippen molar-refractivity contribution in [1.29, 1.82) is 0 Å². The summed E-state index contributed by atoms with van der Waals surface area (Å²) in [4.78, 5) is 40.6. The van der Waals surface area contributed by atoms with Crippen LogP contribution >= 0.6 is 0 Å². The first-order valence-corrected chi connectivity index (χ1v) is 7.80. The predicted octanol–water partition coefficient (Wildman–Crippen LogP) is -0.345. The maximum Gasteiger partial charge on any atom is 0.332 e. The molecule has 0 saturated carbocycles. The Labute approximate surface area is 149 Å². The number of oxazole rings is 1. The van der Waals surface area contributed by atoms with Crippen molar-refractivity contribution in [2.24, 2.45) is 14.1 Å². The average molecular weight is 375 g/mol. The van der Waals surface area contributed by atoms with Crippen LogP contribution in [0.15, 0.2) is 32.2 Å². The quantitative estimate of drug-likeness (QED) is 0.567. The van der Waals surface area contributed by atoms with Crippen molar-refractivity contribution >= 4 is 34.5 Å². The fourth-order valence-corrected chi connectivity index (χ4v) is 2.76. The Morgan fingerprint density at radius 3 is 2.85 bits per heavy atom. The van der Waals surface area contributed by atoms with Gasteiger partial charge in [-0.25, -0.2) is 9.18 Å². The number of hydrogen-bond acceptors (Lipinski definition) is 8. The van der Waals surface area contributed by atoms with Gasteiger partial charge in [0.2, 0.25) is 5.91 Å². The minimum absolute atomic E-state index is 0.0960. The summed E-state index contributed by atoms with van der Waals surface area (Å²) in [6.07, 6.45) is 0. The zero-order valence-corrected chi connectivity index (χ0v) is 14.2. The number of hydrogen-bond donors (Lipinski definition) is 3. The van der Waals surface area contributed by atoms with E-state index in [-0.39, 0.29) is 29.6 Å². The molecule has 2 aromatic heterocycles. The van der Waals surface area contributed by atoms with E-state index in [2.05, 4.69) is 21.3 Å². The van der Waals surface area contributed by atoms with E-state index in [9.17, 15) is 18.8 Å². The minimum Gasteiger partial charge on any atom is -0.423 e. The van der Waals surface area contributed by atoms with Crippen LogP contribution in [0.25, 0.3) is 11.1 Å². The first kappa shape index (κ1) is 16.8. The molecule has 4 rings (SSSR count). The van der Waals surface area contributed by atoms with Gasteiger partial charge < -0.3 is 4.42 Å².